The maximum Gasteiger partial charge on any atom is 0.234 e. The number of nitrogens with zero attached hydrogens (tertiary/aromatic N) is 3. The Hall–Kier alpha value is -1.87. The summed E-state index contributed by atoms with van der Waals surface area (Å²) in [7, 11) is 1.59. The van der Waals surface area contributed by atoms with E-state index in [1.807, 2.05) is 41.8 Å². The number of thioether (sulfide) groups is 2. The van der Waals surface area contributed by atoms with Crippen molar-refractivity contribution in [3.63, 3.8) is 0 Å². The molecule has 3 rings (SSSR count). The number of rotatable bonds is 10. The lowest BCUT2D eigenvalue weighted by atomic mass is 10.2. The van der Waals surface area contributed by atoms with Gasteiger partial charge in [0.15, 0.2) is 5.16 Å². The van der Waals surface area contributed by atoms with Crippen LogP contribution in [0.15, 0.2) is 47.6 Å². The highest BCUT2D eigenvalue weighted by Gasteiger charge is 2.14. The number of carbonyl (C=O) groups excluding carboxylic acids is 1. The van der Waals surface area contributed by atoms with Crippen molar-refractivity contribution < 1.29 is 9.53 Å². The Balaban J connectivity index is 1.53. The standard InChI is InChI=1S/C21H22Cl2N4O2S2/c1-3-27-19(12-30-11-14-7-8-15(22)9-18(14)23)25-26-21(27)31-13-20(28)24-16-5-4-6-17(10-16)29-2/h4-10H,3,11-13H2,1-2H3,(H,24,28). The largest absolute Gasteiger partial charge is 0.497 e. The number of hydrogen-bond acceptors (Lipinski definition) is 6. The fourth-order valence-electron chi connectivity index (χ4n) is 2.77. The molecule has 0 fully saturated rings. The summed E-state index contributed by atoms with van der Waals surface area (Å²) in [5, 5.41) is 13.5. The number of methoxy groups -OCH3 is 1. The summed E-state index contributed by atoms with van der Waals surface area (Å²) in [5.41, 5.74) is 1.72. The Morgan fingerprint density at radius 2 is 2.00 bits per heavy atom. The molecular formula is C21H22Cl2N4O2S2. The minimum absolute atomic E-state index is 0.114. The Morgan fingerprint density at radius 3 is 2.74 bits per heavy atom. The van der Waals surface area contributed by atoms with Crippen LogP contribution < -0.4 is 10.1 Å². The first-order chi connectivity index (χ1) is 15.0. The van der Waals surface area contributed by atoms with Gasteiger partial charge in [-0.2, -0.15) is 0 Å². The summed E-state index contributed by atoms with van der Waals surface area (Å²) in [4.78, 5) is 12.3. The molecule has 0 unspecified atom stereocenters. The lowest BCUT2D eigenvalue weighted by Crippen LogP contribution is -2.14. The molecule has 0 aliphatic carbocycles. The third kappa shape index (κ3) is 6.80. The Morgan fingerprint density at radius 1 is 1.16 bits per heavy atom. The fraction of sp³-hybridized carbons (Fsp3) is 0.286. The number of ether oxygens (including phenoxy) is 1. The highest BCUT2D eigenvalue weighted by molar-refractivity contribution is 7.99. The minimum atomic E-state index is -0.114. The maximum absolute atomic E-state index is 12.3. The number of carbonyl (C=O) groups is 1. The van der Waals surface area contributed by atoms with E-state index >= 15 is 0 Å². The Bertz CT molecular complexity index is 1050. The quantitative estimate of drug-likeness (QED) is 0.358. The summed E-state index contributed by atoms with van der Waals surface area (Å²) in [6.07, 6.45) is 0. The molecule has 0 saturated heterocycles. The van der Waals surface area contributed by atoms with Crippen molar-refractivity contribution in [2.45, 2.75) is 30.1 Å². The summed E-state index contributed by atoms with van der Waals surface area (Å²) in [5.74, 6) is 3.13. The Kier molecular flexibility index (Phi) is 8.95. The van der Waals surface area contributed by atoms with Crippen LogP contribution in [-0.4, -0.2) is 33.5 Å². The van der Waals surface area contributed by atoms with Crippen LogP contribution in [0.5, 0.6) is 5.75 Å². The molecular weight excluding hydrogens is 475 g/mol. The highest BCUT2D eigenvalue weighted by atomic mass is 35.5. The molecule has 0 saturated carbocycles. The molecule has 0 radical (unpaired) electrons. The lowest BCUT2D eigenvalue weighted by Gasteiger charge is -2.09. The zero-order valence-electron chi connectivity index (χ0n) is 17.1. The lowest BCUT2D eigenvalue weighted by molar-refractivity contribution is -0.113. The van der Waals surface area contributed by atoms with E-state index in [1.165, 1.54) is 11.8 Å². The van der Waals surface area contributed by atoms with E-state index in [0.717, 1.165) is 28.8 Å². The second kappa shape index (κ2) is 11.7. The molecule has 0 spiro atoms. The number of hydrogen-bond donors (Lipinski definition) is 1. The van der Waals surface area contributed by atoms with Gasteiger partial charge in [-0.15, -0.1) is 22.0 Å². The van der Waals surface area contributed by atoms with Crippen molar-refractivity contribution in [2.24, 2.45) is 0 Å². The number of halogens is 2. The number of benzene rings is 2. The van der Waals surface area contributed by atoms with Gasteiger partial charge < -0.3 is 14.6 Å². The van der Waals surface area contributed by atoms with Crippen LogP contribution in [0.3, 0.4) is 0 Å². The summed E-state index contributed by atoms with van der Waals surface area (Å²) in [6, 6.07) is 12.8. The molecule has 1 aromatic heterocycles. The van der Waals surface area contributed by atoms with Crippen LogP contribution in [-0.2, 0) is 22.8 Å². The first-order valence-electron chi connectivity index (χ1n) is 9.50. The van der Waals surface area contributed by atoms with E-state index in [2.05, 4.69) is 15.5 Å². The van der Waals surface area contributed by atoms with Crippen molar-refractivity contribution >= 4 is 58.3 Å². The normalized spacial score (nSPS) is 10.8. The zero-order chi connectivity index (χ0) is 22.2. The van der Waals surface area contributed by atoms with E-state index < -0.39 is 0 Å². The van der Waals surface area contributed by atoms with Crippen LogP contribution in [0.25, 0.3) is 0 Å². The van der Waals surface area contributed by atoms with E-state index in [0.29, 0.717) is 27.2 Å². The van der Waals surface area contributed by atoms with Gasteiger partial charge in [-0.3, -0.25) is 4.79 Å². The van der Waals surface area contributed by atoms with Gasteiger partial charge in [-0.05, 0) is 36.8 Å². The third-order valence-corrected chi connectivity index (χ3v) is 6.83. The molecule has 31 heavy (non-hydrogen) atoms. The molecule has 2 aromatic carbocycles. The van der Waals surface area contributed by atoms with Gasteiger partial charge in [0.05, 0.1) is 18.6 Å². The van der Waals surface area contributed by atoms with Gasteiger partial charge >= 0.3 is 0 Å². The molecule has 164 valence electrons. The van der Waals surface area contributed by atoms with Crippen molar-refractivity contribution in [3.8, 4) is 5.75 Å². The second-order valence-electron chi connectivity index (χ2n) is 6.44. The molecule has 0 aliphatic rings. The second-order valence-corrected chi connectivity index (χ2v) is 9.21. The van der Waals surface area contributed by atoms with E-state index in [1.54, 1.807) is 31.0 Å². The van der Waals surface area contributed by atoms with E-state index in [9.17, 15) is 4.79 Å². The van der Waals surface area contributed by atoms with Crippen LogP contribution >= 0.6 is 46.7 Å². The van der Waals surface area contributed by atoms with Gasteiger partial charge in [0.2, 0.25) is 5.91 Å². The van der Waals surface area contributed by atoms with Crippen LogP contribution in [0, 0.1) is 0 Å². The minimum Gasteiger partial charge on any atom is -0.497 e. The van der Waals surface area contributed by atoms with Crippen molar-refractivity contribution in [2.75, 3.05) is 18.2 Å². The molecule has 0 bridgehead atoms. The molecule has 10 heteroatoms. The average molecular weight is 497 g/mol. The van der Waals surface area contributed by atoms with Gasteiger partial charge in [0, 0.05) is 34.1 Å². The van der Waals surface area contributed by atoms with Crippen LogP contribution in [0.4, 0.5) is 5.69 Å². The monoisotopic (exact) mass is 496 g/mol. The van der Waals surface area contributed by atoms with E-state index in [-0.39, 0.29) is 11.7 Å². The molecule has 0 atom stereocenters. The van der Waals surface area contributed by atoms with Gasteiger partial charge in [0.25, 0.3) is 0 Å². The highest BCUT2D eigenvalue weighted by Crippen LogP contribution is 2.27. The first kappa shape index (κ1) is 23.8. The van der Waals surface area contributed by atoms with Gasteiger partial charge in [0.1, 0.15) is 11.6 Å². The SMILES string of the molecule is CCn1c(CSCc2ccc(Cl)cc2Cl)nnc1SCC(=O)Nc1cccc(OC)c1. The first-order valence-corrected chi connectivity index (χ1v) is 12.4. The summed E-state index contributed by atoms with van der Waals surface area (Å²) in [6.45, 7) is 2.76. The third-order valence-electron chi connectivity index (χ3n) is 4.30. The molecule has 1 amide bonds. The predicted octanol–water partition coefficient (Wildman–Crippen LogP) is 5.78. The Labute approximate surface area is 200 Å². The van der Waals surface area contributed by atoms with Gasteiger partial charge in [-0.1, -0.05) is 47.1 Å². The predicted molar refractivity (Wildman–Crippen MR) is 130 cm³/mol. The number of aromatic nitrogens is 3. The fourth-order valence-corrected chi connectivity index (χ4v) is 5.11. The molecule has 6 nitrogen and oxygen atoms in total. The van der Waals surface area contributed by atoms with E-state index in [4.69, 9.17) is 27.9 Å². The average Bonchev–Trinajstić information content (AvgIpc) is 3.15. The van der Waals surface area contributed by atoms with Crippen molar-refractivity contribution in [1.82, 2.24) is 14.8 Å². The number of anilines is 1. The number of nitrogens with one attached hydrogen (secondary N) is 1. The van der Waals surface area contributed by atoms with Crippen LogP contribution in [0.2, 0.25) is 10.0 Å². The molecule has 1 heterocycles. The molecule has 1 N–H and O–H groups in total. The van der Waals surface area contributed by atoms with Crippen LogP contribution in [0.1, 0.15) is 18.3 Å². The topological polar surface area (TPSA) is 69.0 Å². The maximum atomic E-state index is 12.3. The molecule has 3 aromatic rings. The zero-order valence-corrected chi connectivity index (χ0v) is 20.2. The summed E-state index contributed by atoms with van der Waals surface area (Å²) >= 11 is 15.3. The number of amides is 1. The smallest absolute Gasteiger partial charge is 0.234 e. The van der Waals surface area contributed by atoms with Crippen molar-refractivity contribution in [3.05, 3.63) is 63.9 Å². The van der Waals surface area contributed by atoms with Crippen molar-refractivity contribution in [1.29, 1.82) is 0 Å². The summed E-state index contributed by atoms with van der Waals surface area (Å²) < 4.78 is 7.21. The van der Waals surface area contributed by atoms with Gasteiger partial charge in [-0.25, -0.2) is 0 Å². The molecule has 0 aliphatic heterocycles.